The number of rotatable bonds is 9. The third-order valence-corrected chi connectivity index (χ3v) is 8.17. The molecule has 176 valence electrons. The van der Waals surface area contributed by atoms with Crippen molar-refractivity contribution in [3.63, 3.8) is 0 Å². The van der Waals surface area contributed by atoms with Crippen molar-refractivity contribution in [2.75, 3.05) is 57.2 Å². The van der Waals surface area contributed by atoms with Gasteiger partial charge in [-0.05, 0) is 30.7 Å². The van der Waals surface area contributed by atoms with E-state index in [4.69, 9.17) is 9.47 Å². The Balaban J connectivity index is 1.55. The largest absolute Gasteiger partial charge is 0.497 e. The maximum atomic E-state index is 13.3. The monoisotopic (exact) mass is 489 g/mol. The summed E-state index contributed by atoms with van der Waals surface area (Å²) in [4.78, 5) is 21.8. The van der Waals surface area contributed by atoms with E-state index in [0.717, 1.165) is 24.3 Å². The number of morpholine rings is 1. The standard InChI is InChI=1S/C23H27N3O5S2/c1-30-18-8-9-21-20(16-18)24-23(32-21)26(11-5-10-25-12-14-31-15-13-25)22(27)17-33(28,29)19-6-3-2-4-7-19/h2-4,6-9,16H,5,10-15,17H2,1H3. The van der Waals surface area contributed by atoms with Gasteiger partial charge in [0, 0.05) is 32.2 Å². The van der Waals surface area contributed by atoms with Crippen LogP contribution in [0.15, 0.2) is 53.4 Å². The lowest BCUT2D eigenvalue weighted by molar-refractivity contribution is -0.116. The van der Waals surface area contributed by atoms with Gasteiger partial charge in [-0.15, -0.1) is 0 Å². The van der Waals surface area contributed by atoms with Crippen LogP contribution in [0, 0.1) is 0 Å². The second-order valence-electron chi connectivity index (χ2n) is 7.76. The molecule has 2 heterocycles. The Kier molecular flexibility index (Phi) is 7.59. The van der Waals surface area contributed by atoms with Crippen molar-refractivity contribution in [2.45, 2.75) is 11.3 Å². The summed E-state index contributed by atoms with van der Waals surface area (Å²) in [6.07, 6.45) is 0.705. The van der Waals surface area contributed by atoms with E-state index in [0.29, 0.717) is 42.6 Å². The third kappa shape index (κ3) is 5.89. The molecule has 8 nitrogen and oxygen atoms in total. The summed E-state index contributed by atoms with van der Waals surface area (Å²) < 4.78 is 37.3. The first-order valence-electron chi connectivity index (χ1n) is 10.8. The van der Waals surface area contributed by atoms with Gasteiger partial charge in [-0.2, -0.15) is 0 Å². The van der Waals surface area contributed by atoms with Crippen molar-refractivity contribution in [3.8, 4) is 5.75 Å². The SMILES string of the molecule is COc1ccc2sc(N(CCCN3CCOCC3)C(=O)CS(=O)(=O)c3ccccc3)nc2c1. The minimum atomic E-state index is -3.76. The topological polar surface area (TPSA) is 89.0 Å². The van der Waals surface area contributed by atoms with Crippen molar-refractivity contribution >= 4 is 42.4 Å². The molecule has 0 radical (unpaired) electrons. The van der Waals surface area contributed by atoms with Crippen LogP contribution in [0.5, 0.6) is 5.75 Å². The number of aromatic nitrogens is 1. The molecule has 10 heteroatoms. The van der Waals surface area contributed by atoms with Gasteiger partial charge in [0.25, 0.3) is 0 Å². The van der Waals surface area contributed by atoms with Crippen molar-refractivity contribution in [3.05, 3.63) is 48.5 Å². The van der Waals surface area contributed by atoms with Crippen LogP contribution in [0.25, 0.3) is 10.2 Å². The molecular weight excluding hydrogens is 462 g/mol. The molecule has 3 aromatic rings. The van der Waals surface area contributed by atoms with E-state index in [2.05, 4.69) is 9.88 Å². The van der Waals surface area contributed by atoms with Crippen molar-refractivity contribution in [1.29, 1.82) is 0 Å². The molecule has 1 aliphatic rings. The molecular formula is C23H27N3O5S2. The van der Waals surface area contributed by atoms with Crippen LogP contribution in [-0.4, -0.2) is 76.5 Å². The normalized spacial score (nSPS) is 14.9. The highest BCUT2D eigenvalue weighted by molar-refractivity contribution is 7.92. The molecule has 0 aliphatic carbocycles. The van der Waals surface area contributed by atoms with E-state index in [1.807, 2.05) is 18.2 Å². The van der Waals surface area contributed by atoms with Crippen LogP contribution in [0.2, 0.25) is 0 Å². The third-order valence-electron chi connectivity index (χ3n) is 5.49. The summed E-state index contributed by atoms with van der Waals surface area (Å²) >= 11 is 1.37. The Morgan fingerprint density at radius 1 is 1.18 bits per heavy atom. The van der Waals surface area contributed by atoms with E-state index in [9.17, 15) is 13.2 Å². The second kappa shape index (κ2) is 10.6. The fourth-order valence-corrected chi connectivity index (χ4v) is 5.90. The summed E-state index contributed by atoms with van der Waals surface area (Å²) in [6.45, 7) is 4.32. The molecule has 1 fully saturated rings. The summed E-state index contributed by atoms with van der Waals surface area (Å²) in [5.41, 5.74) is 0.714. The first kappa shape index (κ1) is 23.6. The average Bonchev–Trinajstić information content (AvgIpc) is 3.25. The first-order chi connectivity index (χ1) is 16.0. The van der Waals surface area contributed by atoms with Gasteiger partial charge < -0.3 is 9.47 Å². The number of methoxy groups -OCH3 is 1. The number of carbonyl (C=O) groups excluding carboxylic acids is 1. The number of thiazole rings is 1. The van der Waals surface area contributed by atoms with Crippen LogP contribution < -0.4 is 9.64 Å². The van der Waals surface area contributed by atoms with Gasteiger partial charge in [0.2, 0.25) is 5.91 Å². The quantitative estimate of drug-likeness (QED) is 0.457. The highest BCUT2D eigenvalue weighted by atomic mass is 32.2. The first-order valence-corrected chi connectivity index (χ1v) is 13.3. The fraction of sp³-hybridized carbons (Fsp3) is 0.391. The molecule has 0 spiro atoms. The minimum absolute atomic E-state index is 0.139. The van der Waals surface area contributed by atoms with Crippen molar-refractivity contribution < 1.29 is 22.7 Å². The lowest BCUT2D eigenvalue weighted by Crippen LogP contribution is -2.40. The van der Waals surface area contributed by atoms with Crippen LogP contribution in [0.4, 0.5) is 5.13 Å². The summed E-state index contributed by atoms with van der Waals surface area (Å²) in [6, 6.07) is 13.6. The zero-order chi connectivity index (χ0) is 23.3. The summed E-state index contributed by atoms with van der Waals surface area (Å²) in [7, 11) is -2.17. The smallest absolute Gasteiger partial charge is 0.244 e. The van der Waals surface area contributed by atoms with Gasteiger partial charge in [-0.25, -0.2) is 13.4 Å². The zero-order valence-corrected chi connectivity index (χ0v) is 20.1. The highest BCUT2D eigenvalue weighted by Gasteiger charge is 2.26. The maximum Gasteiger partial charge on any atom is 0.244 e. The highest BCUT2D eigenvalue weighted by Crippen LogP contribution is 2.31. The Bertz CT molecular complexity index is 1190. The number of anilines is 1. The number of benzene rings is 2. The molecule has 0 atom stereocenters. The number of amides is 1. The Hall–Kier alpha value is -2.53. The van der Waals surface area contributed by atoms with E-state index in [-0.39, 0.29) is 4.90 Å². The van der Waals surface area contributed by atoms with Crippen LogP contribution in [-0.2, 0) is 19.4 Å². The molecule has 4 rings (SSSR count). The molecule has 1 aromatic heterocycles. The van der Waals surface area contributed by atoms with Crippen LogP contribution >= 0.6 is 11.3 Å². The Labute approximate surface area is 197 Å². The predicted octanol–water partition coefficient (Wildman–Crippen LogP) is 2.83. The van der Waals surface area contributed by atoms with Gasteiger partial charge in [0.15, 0.2) is 15.0 Å². The molecule has 1 amide bonds. The molecule has 1 aliphatic heterocycles. The van der Waals surface area contributed by atoms with Crippen LogP contribution in [0.1, 0.15) is 6.42 Å². The Morgan fingerprint density at radius 3 is 2.67 bits per heavy atom. The number of hydrogen-bond donors (Lipinski definition) is 0. The number of sulfone groups is 1. The van der Waals surface area contributed by atoms with Crippen molar-refractivity contribution in [1.82, 2.24) is 9.88 Å². The van der Waals surface area contributed by atoms with Gasteiger partial charge in [-0.3, -0.25) is 14.6 Å². The molecule has 33 heavy (non-hydrogen) atoms. The van der Waals surface area contributed by atoms with E-state index in [1.54, 1.807) is 25.3 Å². The van der Waals surface area contributed by atoms with Gasteiger partial charge in [0.05, 0.1) is 35.4 Å². The number of ether oxygens (including phenoxy) is 2. The summed E-state index contributed by atoms with van der Waals surface area (Å²) in [5, 5.41) is 0.494. The summed E-state index contributed by atoms with van der Waals surface area (Å²) in [5.74, 6) is -0.406. The lowest BCUT2D eigenvalue weighted by Gasteiger charge is -2.27. The minimum Gasteiger partial charge on any atom is -0.497 e. The molecule has 0 bridgehead atoms. The molecule has 0 N–H and O–H groups in total. The zero-order valence-electron chi connectivity index (χ0n) is 18.5. The maximum absolute atomic E-state index is 13.3. The molecule has 0 unspecified atom stereocenters. The van der Waals surface area contributed by atoms with Crippen LogP contribution in [0.3, 0.4) is 0 Å². The Morgan fingerprint density at radius 2 is 1.94 bits per heavy atom. The molecule has 2 aromatic carbocycles. The fourth-order valence-electron chi connectivity index (χ4n) is 3.69. The number of fused-ring (bicyclic) bond motifs is 1. The van der Waals surface area contributed by atoms with E-state index >= 15 is 0 Å². The lowest BCUT2D eigenvalue weighted by atomic mass is 10.3. The van der Waals surface area contributed by atoms with Gasteiger partial charge in [0.1, 0.15) is 11.5 Å². The van der Waals surface area contributed by atoms with Gasteiger partial charge in [-0.1, -0.05) is 29.5 Å². The second-order valence-corrected chi connectivity index (χ2v) is 10.8. The van der Waals surface area contributed by atoms with E-state index in [1.165, 1.54) is 28.4 Å². The van der Waals surface area contributed by atoms with E-state index < -0.39 is 21.5 Å². The number of hydrogen-bond acceptors (Lipinski definition) is 8. The van der Waals surface area contributed by atoms with Gasteiger partial charge >= 0.3 is 0 Å². The average molecular weight is 490 g/mol. The van der Waals surface area contributed by atoms with Crippen molar-refractivity contribution in [2.24, 2.45) is 0 Å². The number of carbonyl (C=O) groups is 1. The molecule has 0 saturated carbocycles. The number of nitrogens with zero attached hydrogens (tertiary/aromatic N) is 3. The molecule has 1 saturated heterocycles. The predicted molar refractivity (Wildman–Crippen MR) is 129 cm³/mol.